The van der Waals surface area contributed by atoms with Crippen LogP contribution in [-0.4, -0.2) is 43.1 Å². The molecular formula is C25H27N3O4. The summed E-state index contributed by atoms with van der Waals surface area (Å²) in [5.74, 6) is 0.947. The highest BCUT2D eigenvalue weighted by Gasteiger charge is 2.11. The summed E-state index contributed by atoms with van der Waals surface area (Å²) in [6.45, 7) is 1.89. The van der Waals surface area contributed by atoms with E-state index in [1.165, 1.54) is 0 Å². The van der Waals surface area contributed by atoms with Crippen LogP contribution in [0.25, 0.3) is 0 Å². The van der Waals surface area contributed by atoms with Crippen molar-refractivity contribution >= 4 is 11.8 Å². The summed E-state index contributed by atoms with van der Waals surface area (Å²) >= 11 is 0. The number of nitrogens with zero attached hydrogens (tertiary/aromatic N) is 1. The lowest BCUT2D eigenvalue weighted by atomic mass is 10.2. The van der Waals surface area contributed by atoms with Crippen molar-refractivity contribution in [2.24, 2.45) is 0 Å². The van der Waals surface area contributed by atoms with Crippen LogP contribution in [0.3, 0.4) is 0 Å². The van der Waals surface area contributed by atoms with Gasteiger partial charge in [0, 0.05) is 13.1 Å². The van der Waals surface area contributed by atoms with Gasteiger partial charge in [-0.15, -0.1) is 0 Å². The molecule has 0 bridgehead atoms. The van der Waals surface area contributed by atoms with Crippen molar-refractivity contribution in [3.8, 4) is 11.5 Å². The maximum atomic E-state index is 12.3. The third-order valence-corrected chi connectivity index (χ3v) is 4.45. The minimum Gasteiger partial charge on any atom is -0.494 e. The van der Waals surface area contributed by atoms with E-state index >= 15 is 0 Å². The number of carbonyl (C=O) groups excluding carboxylic acids is 2. The topological polar surface area (TPSA) is 89.5 Å². The van der Waals surface area contributed by atoms with Crippen molar-refractivity contribution < 1.29 is 19.1 Å². The predicted molar refractivity (Wildman–Crippen MR) is 122 cm³/mol. The Kier molecular flexibility index (Phi) is 9.08. The fourth-order valence-electron chi connectivity index (χ4n) is 2.83. The molecule has 3 rings (SSSR count). The fourth-order valence-corrected chi connectivity index (χ4v) is 2.83. The summed E-state index contributed by atoms with van der Waals surface area (Å²) in [5, 5.41) is 5.59. The van der Waals surface area contributed by atoms with E-state index in [0.29, 0.717) is 39.1 Å². The summed E-state index contributed by atoms with van der Waals surface area (Å²) in [6.07, 6.45) is 1.32. The van der Waals surface area contributed by atoms with Crippen LogP contribution in [0.15, 0.2) is 78.9 Å². The molecule has 166 valence electrons. The van der Waals surface area contributed by atoms with E-state index < -0.39 is 0 Å². The SMILES string of the molecule is O=C(NCCCOc1ccccc1)c1cccc(C(=O)NCCCOc2ccccc2)n1. The molecule has 0 atom stereocenters. The molecule has 7 nitrogen and oxygen atoms in total. The third-order valence-electron chi connectivity index (χ3n) is 4.45. The van der Waals surface area contributed by atoms with Crippen LogP contribution < -0.4 is 20.1 Å². The Hall–Kier alpha value is -3.87. The first kappa shape index (κ1) is 22.8. The molecule has 3 aromatic rings. The highest BCUT2D eigenvalue weighted by atomic mass is 16.5. The molecule has 0 fully saturated rings. The van der Waals surface area contributed by atoms with Gasteiger partial charge in [-0.3, -0.25) is 9.59 Å². The van der Waals surface area contributed by atoms with Gasteiger partial charge >= 0.3 is 0 Å². The van der Waals surface area contributed by atoms with Crippen molar-refractivity contribution in [2.45, 2.75) is 12.8 Å². The number of nitrogens with one attached hydrogen (secondary N) is 2. The van der Waals surface area contributed by atoms with Crippen LogP contribution in [-0.2, 0) is 0 Å². The van der Waals surface area contributed by atoms with Crippen molar-refractivity contribution in [1.29, 1.82) is 0 Å². The number of pyridine rings is 1. The van der Waals surface area contributed by atoms with Crippen LogP contribution >= 0.6 is 0 Å². The normalized spacial score (nSPS) is 10.2. The van der Waals surface area contributed by atoms with Gasteiger partial charge in [0.2, 0.25) is 0 Å². The lowest BCUT2D eigenvalue weighted by Crippen LogP contribution is -2.29. The summed E-state index contributed by atoms with van der Waals surface area (Å²) in [5.41, 5.74) is 0.406. The van der Waals surface area contributed by atoms with E-state index in [1.54, 1.807) is 18.2 Å². The van der Waals surface area contributed by atoms with Crippen molar-refractivity contribution in [2.75, 3.05) is 26.3 Å². The number of ether oxygens (including phenoxy) is 2. The van der Waals surface area contributed by atoms with Crippen LogP contribution in [0, 0.1) is 0 Å². The molecule has 0 radical (unpaired) electrons. The Labute approximate surface area is 187 Å². The number of para-hydroxylation sites is 2. The van der Waals surface area contributed by atoms with Crippen molar-refractivity contribution in [3.63, 3.8) is 0 Å². The van der Waals surface area contributed by atoms with Gasteiger partial charge in [0.25, 0.3) is 11.8 Å². The molecule has 0 saturated carbocycles. The number of carbonyl (C=O) groups is 2. The average Bonchev–Trinajstić information content (AvgIpc) is 2.84. The first-order valence-corrected chi connectivity index (χ1v) is 10.6. The standard InChI is InChI=1S/C25H27N3O4/c29-24(26-16-8-18-31-20-10-3-1-4-11-20)22-14-7-15-23(28-22)25(30)27-17-9-19-32-21-12-5-2-6-13-21/h1-7,10-15H,8-9,16-19H2,(H,26,29)(H,27,30). The Morgan fingerprint density at radius 1 is 0.625 bits per heavy atom. The van der Waals surface area contributed by atoms with Gasteiger partial charge in [-0.1, -0.05) is 42.5 Å². The molecule has 0 aliphatic heterocycles. The third kappa shape index (κ3) is 7.75. The van der Waals surface area contributed by atoms with Gasteiger partial charge in [0.05, 0.1) is 13.2 Å². The summed E-state index contributed by atoms with van der Waals surface area (Å²) in [4.78, 5) is 28.8. The van der Waals surface area contributed by atoms with Crippen LogP contribution in [0.4, 0.5) is 0 Å². The lowest BCUT2D eigenvalue weighted by Gasteiger charge is -2.09. The lowest BCUT2D eigenvalue weighted by molar-refractivity contribution is 0.0942. The second kappa shape index (κ2) is 12.7. The zero-order valence-corrected chi connectivity index (χ0v) is 17.8. The van der Waals surface area contributed by atoms with Crippen molar-refractivity contribution in [1.82, 2.24) is 15.6 Å². The van der Waals surface area contributed by atoms with Gasteiger partial charge in [0.1, 0.15) is 22.9 Å². The molecule has 1 aromatic heterocycles. The summed E-state index contributed by atoms with van der Waals surface area (Å²) < 4.78 is 11.2. The molecule has 7 heteroatoms. The molecule has 0 aliphatic carbocycles. The summed E-state index contributed by atoms with van der Waals surface area (Å²) in [7, 11) is 0. The van der Waals surface area contributed by atoms with Gasteiger partial charge in [-0.25, -0.2) is 4.98 Å². The van der Waals surface area contributed by atoms with E-state index in [-0.39, 0.29) is 23.2 Å². The minimum atomic E-state index is -0.323. The molecule has 0 aliphatic rings. The number of benzene rings is 2. The molecule has 0 spiro atoms. The molecule has 2 amide bonds. The van der Waals surface area contributed by atoms with E-state index in [1.807, 2.05) is 60.7 Å². The quantitative estimate of drug-likeness (QED) is 0.427. The first-order valence-electron chi connectivity index (χ1n) is 10.6. The monoisotopic (exact) mass is 433 g/mol. The number of hydrogen-bond donors (Lipinski definition) is 2. The van der Waals surface area contributed by atoms with E-state index in [9.17, 15) is 9.59 Å². The average molecular weight is 434 g/mol. The Morgan fingerprint density at radius 2 is 1.06 bits per heavy atom. The van der Waals surface area contributed by atoms with Gasteiger partial charge in [-0.2, -0.15) is 0 Å². The molecule has 2 N–H and O–H groups in total. The Morgan fingerprint density at radius 3 is 1.50 bits per heavy atom. The van der Waals surface area contributed by atoms with Crippen LogP contribution in [0.1, 0.15) is 33.8 Å². The smallest absolute Gasteiger partial charge is 0.269 e. The number of hydrogen-bond acceptors (Lipinski definition) is 5. The first-order chi connectivity index (χ1) is 15.7. The summed E-state index contributed by atoms with van der Waals surface area (Å²) in [6, 6.07) is 23.8. The zero-order valence-electron chi connectivity index (χ0n) is 17.8. The largest absolute Gasteiger partial charge is 0.494 e. The molecule has 32 heavy (non-hydrogen) atoms. The van der Waals surface area contributed by atoms with Crippen LogP contribution in [0.2, 0.25) is 0 Å². The highest BCUT2D eigenvalue weighted by Crippen LogP contribution is 2.09. The number of rotatable bonds is 12. The second-order valence-corrected chi connectivity index (χ2v) is 6.95. The van der Waals surface area contributed by atoms with Crippen LogP contribution in [0.5, 0.6) is 11.5 Å². The van der Waals surface area contributed by atoms with Gasteiger partial charge in [-0.05, 0) is 49.2 Å². The Balaban J connectivity index is 1.34. The second-order valence-electron chi connectivity index (χ2n) is 6.95. The number of aromatic nitrogens is 1. The maximum absolute atomic E-state index is 12.3. The molecule has 1 heterocycles. The number of amides is 2. The molecule has 0 unspecified atom stereocenters. The van der Waals surface area contributed by atoms with E-state index in [0.717, 1.165) is 11.5 Å². The van der Waals surface area contributed by atoms with Gasteiger partial charge < -0.3 is 20.1 Å². The fraction of sp³-hybridized carbons (Fsp3) is 0.240. The van der Waals surface area contributed by atoms with Gasteiger partial charge in [0.15, 0.2) is 0 Å². The highest BCUT2D eigenvalue weighted by molar-refractivity contribution is 5.96. The molecular weight excluding hydrogens is 406 g/mol. The van der Waals surface area contributed by atoms with E-state index in [2.05, 4.69) is 15.6 Å². The predicted octanol–water partition coefficient (Wildman–Crippen LogP) is 3.48. The molecule has 2 aromatic carbocycles. The van der Waals surface area contributed by atoms with Crippen molar-refractivity contribution in [3.05, 3.63) is 90.3 Å². The minimum absolute atomic E-state index is 0.203. The maximum Gasteiger partial charge on any atom is 0.269 e. The Bertz CT molecular complexity index is 904. The van der Waals surface area contributed by atoms with E-state index in [4.69, 9.17) is 9.47 Å². The zero-order chi connectivity index (χ0) is 22.4. The molecule has 0 saturated heterocycles.